The van der Waals surface area contributed by atoms with Gasteiger partial charge < -0.3 is 9.47 Å². The van der Waals surface area contributed by atoms with Crippen molar-refractivity contribution < 1.29 is 18.7 Å². The molecule has 4 nitrogen and oxygen atoms in total. The van der Waals surface area contributed by atoms with Crippen LogP contribution in [0.2, 0.25) is 0 Å². The Morgan fingerprint density at radius 2 is 1.94 bits per heavy atom. The number of nitrogens with zero attached hydrogens (tertiary/aromatic N) is 1. The number of halogens is 2. The minimum atomic E-state index is -0.286. The highest BCUT2D eigenvalue weighted by atomic mass is 79.9. The molecule has 1 saturated heterocycles. The summed E-state index contributed by atoms with van der Waals surface area (Å²) in [5, 5.41) is 0. The fourth-order valence-electron chi connectivity index (χ4n) is 3.98. The fourth-order valence-corrected chi connectivity index (χ4v) is 5.96. The number of amides is 1. The van der Waals surface area contributed by atoms with Gasteiger partial charge in [-0.05, 0) is 70.2 Å². The molecule has 1 aliphatic carbocycles. The first-order valence-electron chi connectivity index (χ1n) is 10.5. The van der Waals surface area contributed by atoms with Crippen molar-refractivity contribution in [3.05, 3.63) is 62.7 Å². The van der Waals surface area contributed by atoms with Crippen LogP contribution >= 0.6 is 39.9 Å². The van der Waals surface area contributed by atoms with Gasteiger partial charge in [0.2, 0.25) is 0 Å². The number of methoxy groups -OCH3 is 1. The number of hydrogen-bond acceptors (Lipinski definition) is 5. The molecule has 0 bridgehead atoms. The third-order valence-corrected chi connectivity index (χ3v) is 7.53. The van der Waals surface area contributed by atoms with E-state index >= 15 is 0 Å². The average molecular weight is 536 g/mol. The van der Waals surface area contributed by atoms with Crippen molar-refractivity contribution in [1.82, 2.24) is 4.90 Å². The van der Waals surface area contributed by atoms with Crippen LogP contribution in [0.5, 0.6) is 11.5 Å². The molecule has 2 aromatic rings. The van der Waals surface area contributed by atoms with Gasteiger partial charge in [-0.3, -0.25) is 9.69 Å². The second kappa shape index (κ2) is 10.4. The van der Waals surface area contributed by atoms with Crippen molar-refractivity contribution in [3.63, 3.8) is 0 Å². The SMILES string of the molecule is COc1cc(/C=C2/SC(=S)N(C3CCCCC3)C2=O)cc(Br)c1OCc1ccc(F)cc1. The molecule has 4 rings (SSSR count). The number of hydrogen-bond donors (Lipinski definition) is 0. The molecule has 1 amide bonds. The summed E-state index contributed by atoms with van der Waals surface area (Å²) in [6, 6.07) is 10.1. The standard InChI is InChI=1S/C24H23BrFNO3S2/c1-29-20-12-16(11-19(25)22(20)30-14-15-7-9-17(26)10-8-15)13-21-23(28)27(24(31)32-21)18-5-3-2-4-6-18/h7-13,18H,2-6,14H2,1H3/b21-13+. The molecule has 0 N–H and O–H groups in total. The molecule has 2 aromatic carbocycles. The summed E-state index contributed by atoms with van der Waals surface area (Å²) in [5.74, 6) is 0.781. The summed E-state index contributed by atoms with van der Waals surface area (Å²) in [6.45, 7) is 0.272. The summed E-state index contributed by atoms with van der Waals surface area (Å²) in [7, 11) is 1.57. The van der Waals surface area contributed by atoms with Crippen LogP contribution in [0.1, 0.15) is 43.2 Å². The van der Waals surface area contributed by atoms with Gasteiger partial charge in [0.05, 0.1) is 16.5 Å². The van der Waals surface area contributed by atoms with Crippen LogP contribution in [-0.4, -0.2) is 28.3 Å². The maximum Gasteiger partial charge on any atom is 0.266 e. The van der Waals surface area contributed by atoms with Crippen molar-refractivity contribution in [1.29, 1.82) is 0 Å². The zero-order chi connectivity index (χ0) is 22.7. The summed E-state index contributed by atoms with van der Waals surface area (Å²) in [6.07, 6.45) is 7.39. The number of ether oxygens (including phenoxy) is 2. The summed E-state index contributed by atoms with van der Waals surface area (Å²) in [5.41, 5.74) is 1.66. The Hall–Kier alpha value is -1.90. The van der Waals surface area contributed by atoms with Crippen molar-refractivity contribution >= 4 is 56.2 Å². The van der Waals surface area contributed by atoms with Gasteiger partial charge in [-0.2, -0.15) is 0 Å². The number of carbonyl (C=O) groups is 1. The maximum absolute atomic E-state index is 13.1. The molecule has 2 fully saturated rings. The van der Waals surface area contributed by atoms with E-state index in [0.29, 0.717) is 25.2 Å². The van der Waals surface area contributed by atoms with Gasteiger partial charge in [0.25, 0.3) is 5.91 Å². The van der Waals surface area contributed by atoms with E-state index in [1.807, 2.05) is 18.2 Å². The summed E-state index contributed by atoms with van der Waals surface area (Å²) < 4.78 is 25.9. The monoisotopic (exact) mass is 535 g/mol. The lowest BCUT2D eigenvalue weighted by atomic mass is 9.94. The highest BCUT2D eigenvalue weighted by Crippen LogP contribution is 2.41. The van der Waals surface area contributed by atoms with Crippen LogP contribution in [0.3, 0.4) is 0 Å². The molecule has 2 aliphatic rings. The highest BCUT2D eigenvalue weighted by molar-refractivity contribution is 9.10. The molecule has 0 radical (unpaired) electrons. The van der Waals surface area contributed by atoms with Gasteiger partial charge in [0.15, 0.2) is 11.5 Å². The van der Waals surface area contributed by atoms with Crippen LogP contribution in [0.4, 0.5) is 4.39 Å². The van der Waals surface area contributed by atoms with E-state index in [2.05, 4.69) is 15.9 Å². The van der Waals surface area contributed by atoms with Gasteiger partial charge in [0, 0.05) is 6.04 Å². The molecule has 0 spiro atoms. The molecular formula is C24H23BrFNO3S2. The second-order valence-electron chi connectivity index (χ2n) is 7.79. The first kappa shape index (κ1) is 23.3. The zero-order valence-corrected chi connectivity index (χ0v) is 20.8. The number of benzene rings is 2. The first-order valence-corrected chi connectivity index (χ1v) is 12.5. The van der Waals surface area contributed by atoms with Crippen LogP contribution < -0.4 is 9.47 Å². The van der Waals surface area contributed by atoms with Gasteiger partial charge in [-0.15, -0.1) is 0 Å². The van der Waals surface area contributed by atoms with E-state index in [0.717, 1.165) is 36.8 Å². The van der Waals surface area contributed by atoms with E-state index in [1.165, 1.54) is 30.3 Å². The molecule has 8 heteroatoms. The number of rotatable bonds is 6. The molecule has 1 saturated carbocycles. The average Bonchev–Trinajstić information content (AvgIpc) is 3.07. The quantitative estimate of drug-likeness (QED) is 0.303. The van der Waals surface area contributed by atoms with E-state index in [-0.39, 0.29) is 24.4 Å². The van der Waals surface area contributed by atoms with Crippen molar-refractivity contribution in [2.45, 2.75) is 44.8 Å². The summed E-state index contributed by atoms with van der Waals surface area (Å²) in [4.78, 5) is 15.5. The maximum atomic E-state index is 13.1. The van der Waals surface area contributed by atoms with Crippen LogP contribution in [-0.2, 0) is 11.4 Å². The Morgan fingerprint density at radius 1 is 1.22 bits per heavy atom. The highest BCUT2D eigenvalue weighted by Gasteiger charge is 2.37. The smallest absolute Gasteiger partial charge is 0.266 e. The lowest BCUT2D eigenvalue weighted by molar-refractivity contribution is -0.124. The van der Waals surface area contributed by atoms with E-state index in [4.69, 9.17) is 21.7 Å². The molecule has 0 atom stereocenters. The number of carbonyl (C=O) groups excluding carboxylic acids is 1. The largest absolute Gasteiger partial charge is 0.493 e. The van der Waals surface area contributed by atoms with Gasteiger partial charge >= 0.3 is 0 Å². The number of thiocarbonyl (C=S) groups is 1. The summed E-state index contributed by atoms with van der Waals surface area (Å²) >= 11 is 10.4. The minimum Gasteiger partial charge on any atom is -0.493 e. The van der Waals surface area contributed by atoms with Gasteiger partial charge in [0.1, 0.15) is 16.7 Å². The van der Waals surface area contributed by atoms with E-state index < -0.39 is 0 Å². The van der Waals surface area contributed by atoms with Crippen molar-refractivity contribution in [3.8, 4) is 11.5 Å². The third-order valence-electron chi connectivity index (χ3n) is 5.61. The molecular weight excluding hydrogens is 513 g/mol. The Bertz CT molecular complexity index is 1050. The topological polar surface area (TPSA) is 38.8 Å². The fraction of sp³-hybridized carbons (Fsp3) is 0.333. The Kier molecular flexibility index (Phi) is 7.53. The molecule has 0 unspecified atom stereocenters. The van der Waals surface area contributed by atoms with Gasteiger partial charge in [-0.25, -0.2) is 4.39 Å². The van der Waals surface area contributed by atoms with E-state index in [9.17, 15) is 9.18 Å². The molecule has 1 aliphatic heterocycles. The zero-order valence-electron chi connectivity index (χ0n) is 17.6. The predicted octanol–water partition coefficient (Wildman–Crippen LogP) is 6.71. The Morgan fingerprint density at radius 3 is 2.62 bits per heavy atom. The number of thioether (sulfide) groups is 1. The molecule has 0 aromatic heterocycles. The minimum absolute atomic E-state index is 0.0152. The van der Waals surface area contributed by atoms with Crippen molar-refractivity contribution in [2.75, 3.05) is 7.11 Å². The van der Waals surface area contributed by atoms with E-state index in [1.54, 1.807) is 24.1 Å². The van der Waals surface area contributed by atoms with Crippen LogP contribution in [0.15, 0.2) is 45.8 Å². The molecule has 168 valence electrons. The molecule has 32 heavy (non-hydrogen) atoms. The first-order chi connectivity index (χ1) is 15.5. The van der Waals surface area contributed by atoms with Crippen molar-refractivity contribution in [2.24, 2.45) is 0 Å². The second-order valence-corrected chi connectivity index (χ2v) is 10.3. The Balaban J connectivity index is 1.53. The Labute approximate surface area is 205 Å². The third kappa shape index (κ3) is 5.18. The van der Waals surface area contributed by atoms with Crippen LogP contribution in [0.25, 0.3) is 6.08 Å². The van der Waals surface area contributed by atoms with Crippen LogP contribution in [0, 0.1) is 5.82 Å². The lowest BCUT2D eigenvalue weighted by Gasteiger charge is -2.29. The molecule has 1 heterocycles. The van der Waals surface area contributed by atoms with Gasteiger partial charge in [-0.1, -0.05) is 55.4 Å². The predicted molar refractivity (Wildman–Crippen MR) is 133 cm³/mol. The normalized spacial score (nSPS) is 18.5. The lowest BCUT2D eigenvalue weighted by Crippen LogP contribution is -2.39.